The number of nitrogens with zero attached hydrogens (tertiary/aromatic N) is 4. The summed E-state index contributed by atoms with van der Waals surface area (Å²) in [6, 6.07) is 5.22. The minimum absolute atomic E-state index is 0. The van der Waals surface area contributed by atoms with Gasteiger partial charge >= 0.3 is 10.2 Å². The predicted molar refractivity (Wildman–Crippen MR) is 110 cm³/mol. The van der Waals surface area contributed by atoms with E-state index in [9.17, 15) is 17.1 Å². The third kappa shape index (κ3) is 4.88. The Kier molecular flexibility index (Phi) is 7.61. The largest absolute Gasteiger partial charge is 0.338 e. The number of hydrogen-bond donors (Lipinski definition) is 1. The van der Waals surface area contributed by atoms with Crippen LogP contribution in [0.4, 0.5) is 3.89 Å². The molecule has 4 rings (SSSR count). The van der Waals surface area contributed by atoms with Gasteiger partial charge in [0.05, 0.1) is 11.1 Å². The van der Waals surface area contributed by atoms with Crippen LogP contribution < -0.4 is 5.32 Å². The smallest absolute Gasteiger partial charge is 0.332 e. The summed E-state index contributed by atoms with van der Waals surface area (Å²) in [5, 5.41) is 11.5. The van der Waals surface area contributed by atoms with Gasteiger partial charge in [-0.1, -0.05) is 17.3 Å². The number of nitrogens with one attached hydrogen (secondary N) is 1. The number of aromatic nitrogens is 3. The highest BCUT2D eigenvalue weighted by atomic mass is 35.5. The molecule has 1 atom stereocenters. The van der Waals surface area contributed by atoms with E-state index in [2.05, 4.69) is 15.6 Å². The summed E-state index contributed by atoms with van der Waals surface area (Å²) < 4.78 is 36.4. The van der Waals surface area contributed by atoms with Gasteiger partial charge in [0, 0.05) is 18.2 Å². The van der Waals surface area contributed by atoms with Gasteiger partial charge in [-0.3, -0.25) is 4.79 Å². The van der Waals surface area contributed by atoms with Crippen molar-refractivity contribution >= 4 is 40.9 Å². The van der Waals surface area contributed by atoms with Crippen molar-refractivity contribution in [1.29, 1.82) is 0 Å². The third-order valence-corrected chi connectivity index (χ3v) is 6.06. The van der Waals surface area contributed by atoms with Gasteiger partial charge in [-0.2, -0.15) is 8.42 Å². The second kappa shape index (κ2) is 9.38. The van der Waals surface area contributed by atoms with Gasteiger partial charge in [-0.15, -0.1) is 33.8 Å². The van der Waals surface area contributed by atoms with Crippen LogP contribution in [0.25, 0.3) is 11.3 Å². The van der Waals surface area contributed by atoms with Crippen LogP contribution in [-0.2, 0) is 15.0 Å². The molecule has 0 saturated carbocycles. The van der Waals surface area contributed by atoms with Crippen LogP contribution >= 0.6 is 24.8 Å². The first-order chi connectivity index (χ1) is 12.9. The van der Waals surface area contributed by atoms with Gasteiger partial charge in [-0.25, -0.2) is 4.68 Å². The Morgan fingerprint density at radius 2 is 1.72 bits per heavy atom. The van der Waals surface area contributed by atoms with Crippen LogP contribution in [0.1, 0.15) is 25.3 Å². The van der Waals surface area contributed by atoms with Crippen LogP contribution in [0.15, 0.2) is 35.4 Å². The lowest BCUT2D eigenvalue weighted by Crippen LogP contribution is -2.44. The van der Waals surface area contributed by atoms with E-state index in [1.54, 1.807) is 10.9 Å². The number of hydrogen-bond acceptors (Lipinski definition) is 6. The number of piperidine rings is 1. The zero-order valence-corrected chi connectivity index (χ0v) is 17.8. The summed E-state index contributed by atoms with van der Waals surface area (Å²) in [7, 11) is -4.73. The molecule has 1 amide bonds. The average molecular weight is 466 g/mol. The van der Waals surface area contributed by atoms with Gasteiger partial charge in [0.2, 0.25) is 5.91 Å². The highest BCUT2D eigenvalue weighted by molar-refractivity contribution is 7.86. The summed E-state index contributed by atoms with van der Waals surface area (Å²) in [6.45, 7) is 2.57. The Balaban J connectivity index is 0.00000150. The van der Waals surface area contributed by atoms with Crippen molar-refractivity contribution in [2.45, 2.75) is 36.2 Å². The summed E-state index contributed by atoms with van der Waals surface area (Å²) >= 11 is 0. The molecular weight excluding hydrogens is 444 g/mol. The summed E-state index contributed by atoms with van der Waals surface area (Å²) in [5.41, 5.74) is 1.11. The maximum absolute atomic E-state index is 13.0. The fourth-order valence-corrected chi connectivity index (χ4v) is 4.22. The molecule has 29 heavy (non-hydrogen) atoms. The maximum Gasteiger partial charge on any atom is 0.332 e. The van der Waals surface area contributed by atoms with Crippen LogP contribution in [0.5, 0.6) is 0 Å². The SMILES string of the molecule is Cl.Cl.O=C1C(n2cc(-c3ccc(S(=O)(=O)F)cc3)nn2)CCN1C1CCNCC1. The van der Waals surface area contributed by atoms with Crippen molar-refractivity contribution in [2.24, 2.45) is 0 Å². The fraction of sp³-hybridized carbons (Fsp3) is 0.471. The Labute approximate surface area is 180 Å². The van der Waals surface area contributed by atoms with E-state index >= 15 is 0 Å². The number of halogens is 3. The molecule has 1 aromatic carbocycles. The predicted octanol–water partition coefficient (Wildman–Crippen LogP) is 1.97. The molecule has 2 saturated heterocycles. The molecule has 1 aromatic heterocycles. The topological polar surface area (TPSA) is 97.2 Å². The number of rotatable bonds is 4. The summed E-state index contributed by atoms with van der Waals surface area (Å²) in [4.78, 5) is 14.4. The molecule has 3 heterocycles. The zero-order chi connectivity index (χ0) is 19.0. The Morgan fingerprint density at radius 3 is 2.34 bits per heavy atom. The monoisotopic (exact) mass is 465 g/mol. The molecule has 0 radical (unpaired) electrons. The number of likely N-dealkylation sites (tertiary alicyclic amines) is 1. The molecule has 0 aliphatic carbocycles. The lowest BCUT2D eigenvalue weighted by molar-refractivity contribution is -0.133. The van der Waals surface area contributed by atoms with Crippen molar-refractivity contribution in [3.05, 3.63) is 30.5 Å². The van der Waals surface area contributed by atoms with Gasteiger partial charge in [0.25, 0.3) is 0 Å². The van der Waals surface area contributed by atoms with E-state index < -0.39 is 15.1 Å². The summed E-state index contributed by atoms with van der Waals surface area (Å²) in [5.74, 6) is 0.0669. The van der Waals surface area contributed by atoms with Crippen molar-refractivity contribution in [3.63, 3.8) is 0 Å². The highest BCUT2D eigenvalue weighted by Gasteiger charge is 2.37. The number of benzene rings is 1. The average Bonchev–Trinajstić information content (AvgIpc) is 3.28. The van der Waals surface area contributed by atoms with Crippen molar-refractivity contribution in [1.82, 2.24) is 25.2 Å². The van der Waals surface area contributed by atoms with Crippen LogP contribution in [0.3, 0.4) is 0 Å². The molecule has 2 aliphatic rings. The van der Waals surface area contributed by atoms with Crippen molar-refractivity contribution < 1.29 is 17.1 Å². The first kappa shape index (κ1) is 23.5. The van der Waals surface area contributed by atoms with Crippen LogP contribution in [-0.4, -0.2) is 59.9 Å². The standard InChI is InChI=1S/C17H20FN5O3S.2ClH/c18-27(25,26)14-3-1-12(2-4-14)15-11-23(21-20-15)16-7-10-22(17(16)24)13-5-8-19-9-6-13;;/h1-4,11,13,16,19H,5-10H2;2*1H. The molecule has 2 fully saturated rings. The molecule has 0 bridgehead atoms. The fourth-order valence-electron chi connectivity index (χ4n) is 3.76. The van der Waals surface area contributed by atoms with E-state index in [-0.39, 0.29) is 42.8 Å². The first-order valence-electron chi connectivity index (χ1n) is 8.91. The minimum Gasteiger partial charge on any atom is -0.338 e. The van der Waals surface area contributed by atoms with Crippen LogP contribution in [0, 0.1) is 0 Å². The van der Waals surface area contributed by atoms with Gasteiger partial charge < -0.3 is 10.2 Å². The zero-order valence-electron chi connectivity index (χ0n) is 15.4. The highest BCUT2D eigenvalue weighted by Crippen LogP contribution is 2.28. The van der Waals surface area contributed by atoms with Crippen molar-refractivity contribution in [3.8, 4) is 11.3 Å². The molecule has 1 unspecified atom stereocenters. The number of carbonyl (C=O) groups excluding carboxylic acids is 1. The first-order valence-corrected chi connectivity index (χ1v) is 10.3. The normalized spacial score (nSPS) is 20.2. The third-order valence-electron chi connectivity index (χ3n) is 5.22. The Hall–Kier alpha value is -1.75. The second-order valence-electron chi connectivity index (χ2n) is 6.86. The van der Waals surface area contributed by atoms with Gasteiger partial charge in [0.1, 0.15) is 11.7 Å². The molecule has 12 heteroatoms. The Morgan fingerprint density at radius 1 is 1.07 bits per heavy atom. The van der Waals surface area contributed by atoms with E-state index in [0.29, 0.717) is 24.2 Å². The molecular formula is C17H22Cl2FN5O3S. The maximum atomic E-state index is 13.0. The van der Waals surface area contributed by atoms with Gasteiger partial charge in [0.15, 0.2) is 0 Å². The lowest BCUT2D eigenvalue weighted by Gasteiger charge is -2.31. The van der Waals surface area contributed by atoms with E-state index in [1.165, 1.54) is 24.3 Å². The lowest BCUT2D eigenvalue weighted by atomic mass is 10.1. The van der Waals surface area contributed by atoms with E-state index in [1.807, 2.05) is 4.90 Å². The molecule has 2 aromatic rings. The molecule has 1 N–H and O–H groups in total. The molecule has 2 aliphatic heterocycles. The van der Waals surface area contributed by atoms with E-state index in [0.717, 1.165) is 25.9 Å². The van der Waals surface area contributed by atoms with Gasteiger partial charge in [-0.05, 0) is 44.5 Å². The minimum atomic E-state index is -4.73. The Bertz CT molecular complexity index is 948. The van der Waals surface area contributed by atoms with Crippen LogP contribution in [0.2, 0.25) is 0 Å². The second-order valence-corrected chi connectivity index (χ2v) is 8.21. The summed E-state index contributed by atoms with van der Waals surface area (Å²) in [6.07, 6.45) is 4.29. The van der Waals surface area contributed by atoms with Crippen molar-refractivity contribution in [2.75, 3.05) is 19.6 Å². The number of carbonyl (C=O) groups is 1. The number of amides is 1. The van der Waals surface area contributed by atoms with E-state index in [4.69, 9.17) is 0 Å². The molecule has 160 valence electrons. The molecule has 0 spiro atoms. The quantitative estimate of drug-likeness (QED) is 0.693. The molecule has 8 nitrogen and oxygen atoms in total.